The van der Waals surface area contributed by atoms with Gasteiger partial charge in [-0.2, -0.15) is 4.99 Å². The fourth-order valence-corrected chi connectivity index (χ4v) is 2.93. The minimum Gasteiger partial charge on any atom is -0.296 e. The van der Waals surface area contributed by atoms with Gasteiger partial charge in [-0.3, -0.25) is 14.7 Å². The number of hydrogen-bond donors (Lipinski definition) is 1. The van der Waals surface area contributed by atoms with E-state index in [-0.39, 0.29) is 5.91 Å². The molecule has 6 heteroatoms. The third-order valence-corrected chi connectivity index (χ3v) is 4.16. The Balaban J connectivity index is 1.76. The van der Waals surface area contributed by atoms with E-state index in [1.165, 1.54) is 6.07 Å². The first-order valence-corrected chi connectivity index (χ1v) is 8.03. The van der Waals surface area contributed by atoms with Crippen molar-refractivity contribution in [2.75, 3.05) is 4.90 Å². The molecule has 0 saturated heterocycles. The van der Waals surface area contributed by atoms with Gasteiger partial charge in [0.1, 0.15) is 0 Å². The van der Waals surface area contributed by atoms with Crippen molar-refractivity contribution in [2.45, 2.75) is 6.54 Å². The average molecular weight is 350 g/mol. The Hall–Kier alpha value is -3.41. The zero-order valence-corrected chi connectivity index (χ0v) is 13.6. The molecular weight excluding hydrogens is 336 g/mol. The highest BCUT2D eigenvalue weighted by Gasteiger charge is 2.38. The molecule has 4 rings (SSSR count). The smallest absolute Gasteiger partial charge is 0.296 e. The fourth-order valence-electron chi connectivity index (χ4n) is 2.93. The Bertz CT molecular complexity index is 1020. The minimum atomic E-state index is -0.973. The molecule has 0 spiro atoms. The highest BCUT2D eigenvalue weighted by molar-refractivity contribution is 6.52. The van der Waals surface area contributed by atoms with Crippen LogP contribution in [0.4, 0.5) is 20.2 Å². The van der Waals surface area contributed by atoms with Crippen LogP contribution in [0.3, 0.4) is 0 Å². The molecule has 0 saturated carbocycles. The summed E-state index contributed by atoms with van der Waals surface area (Å²) in [4.78, 5) is 21.8. The molecule has 128 valence electrons. The molecule has 3 aromatic rings. The van der Waals surface area contributed by atoms with Crippen molar-refractivity contribution in [1.82, 2.24) is 4.98 Å². The highest BCUT2D eigenvalue weighted by Crippen LogP contribution is 2.28. The van der Waals surface area contributed by atoms with Crippen molar-refractivity contribution >= 4 is 23.0 Å². The minimum absolute atomic E-state index is 0.249. The maximum Gasteiger partial charge on any atom is 0.324 e. The van der Waals surface area contributed by atoms with Gasteiger partial charge < -0.3 is 0 Å². The first-order chi connectivity index (χ1) is 12.6. The number of aromatic nitrogens is 1. The van der Waals surface area contributed by atoms with E-state index in [0.717, 1.165) is 23.5 Å². The third kappa shape index (κ3) is 2.86. The standard InChI is InChI=1S/C20H13F2N3O/c21-16-9-8-13(11-17(16)22)24-19-15-6-1-2-7-18(15)25(20(19)26)12-14-5-3-4-10-23-14/h1-11H,12H2/p+1. The van der Waals surface area contributed by atoms with Crippen LogP contribution in [0.25, 0.3) is 0 Å². The van der Waals surface area contributed by atoms with E-state index in [1.807, 2.05) is 42.5 Å². The molecule has 0 atom stereocenters. The van der Waals surface area contributed by atoms with Crippen molar-refractivity contribution in [3.05, 3.63) is 89.8 Å². The van der Waals surface area contributed by atoms with Crippen molar-refractivity contribution in [2.24, 2.45) is 0 Å². The zero-order chi connectivity index (χ0) is 18.1. The molecule has 0 radical (unpaired) electrons. The van der Waals surface area contributed by atoms with Gasteiger partial charge in [-0.15, -0.1) is 0 Å². The number of hydrogen-bond acceptors (Lipinski definition) is 2. The van der Waals surface area contributed by atoms with Crippen LogP contribution in [0, 0.1) is 11.6 Å². The lowest BCUT2D eigenvalue weighted by atomic mass is 10.1. The number of pyridine rings is 1. The van der Waals surface area contributed by atoms with Crippen LogP contribution in [-0.2, 0) is 11.3 Å². The van der Waals surface area contributed by atoms with Crippen LogP contribution in [0.5, 0.6) is 0 Å². The predicted molar refractivity (Wildman–Crippen MR) is 93.0 cm³/mol. The predicted octanol–water partition coefficient (Wildman–Crippen LogP) is 2.11. The zero-order valence-electron chi connectivity index (χ0n) is 13.6. The molecule has 0 bridgehead atoms. The molecule has 0 fully saturated rings. The van der Waals surface area contributed by atoms with E-state index in [9.17, 15) is 13.6 Å². The number of carbonyl (C=O) groups excluding carboxylic acids is 1. The summed E-state index contributed by atoms with van der Waals surface area (Å²) < 4.78 is 26.6. The van der Waals surface area contributed by atoms with E-state index < -0.39 is 11.6 Å². The molecule has 1 amide bonds. The number of nitrogens with one attached hydrogen (secondary N) is 1. The number of carbonyl (C=O) groups is 1. The Morgan fingerprint density at radius 2 is 1.77 bits per heavy atom. The monoisotopic (exact) mass is 350 g/mol. The molecule has 2 aromatic carbocycles. The lowest BCUT2D eigenvalue weighted by Gasteiger charge is -2.15. The Morgan fingerprint density at radius 1 is 0.962 bits per heavy atom. The summed E-state index contributed by atoms with van der Waals surface area (Å²) >= 11 is 0. The summed E-state index contributed by atoms with van der Waals surface area (Å²) in [6.07, 6.45) is 1.67. The molecule has 4 nitrogen and oxygen atoms in total. The van der Waals surface area contributed by atoms with Crippen molar-refractivity contribution in [3.63, 3.8) is 0 Å². The molecular formula is C20H14F2N3O+. The number of anilines is 1. The second-order valence-corrected chi connectivity index (χ2v) is 5.86. The normalized spacial score (nSPS) is 14.8. The van der Waals surface area contributed by atoms with Crippen LogP contribution in [-0.4, -0.2) is 16.6 Å². The maximum absolute atomic E-state index is 13.5. The summed E-state index contributed by atoms with van der Waals surface area (Å²) in [5.41, 5.74) is 2.83. The summed E-state index contributed by atoms with van der Waals surface area (Å²) in [6, 6.07) is 16.3. The summed E-state index contributed by atoms with van der Waals surface area (Å²) in [5.74, 6) is -2.16. The van der Waals surface area contributed by atoms with Gasteiger partial charge in [0.15, 0.2) is 11.6 Å². The van der Waals surface area contributed by atoms with Crippen molar-refractivity contribution < 1.29 is 18.6 Å². The number of rotatable bonds is 3. The lowest BCUT2D eigenvalue weighted by molar-refractivity contribution is -0.352. The van der Waals surface area contributed by atoms with E-state index in [0.29, 0.717) is 23.5 Å². The molecule has 2 heterocycles. The van der Waals surface area contributed by atoms with Gasteiger partial charge in [0.05, 0.1) is 23.5 Å². The van der Waals surface area contributed by atoms with Crippen LogP contribution in [0.2, 0.25) is 0 Å². The number of para-hydroxylation sites is 1. The molecule has 26 heavy (non-hydrogen) atoms. The first kappa shape index (κ1) is 16.1. The molecule has 1 N–H and O–H groups in total. The quantitative estimate of drug-likeness (QED) is 0.787. The molecule has 0 unspecified atom stereocenters. The number of nitrogens with zero attached hydrogens (tertiary/aromatic N) is 2. The Labute approximate surface area is 148 Å². The van der Waals surface area contributed by atoms with Gasteiger partial charge in [0.2, 0.25) is 5.69 Å². The second-order valence-electron chi connectivity index (χ2n) is 5.86. The van der Waals surface area contributed by atoms with Gasteiger partial charge in [-0.25, -0.2) is 8.78 Å². The fraction of sp³-hybridized carbons (Fsp3) is 0.0500. The first-order valence-electron chi connectivity index (χ1n) is 8.03. The van der Waals surface area contributed by atoms with Crippen LogP contribution < -0.4 is 9.89 Å². The molecule has 1 aromatic heterocycles. The Kier molecular flexibility index (Phi) is 4.01. The third-order valence-electron chi connectivity index (χ3n) is 4.16. The Morgan fingerprint density at radius 3 is 2.54 bits per heavy atom. The molecule has 1 aliphatic rings. The molecule has 1 aliphatic heterocycles. The maximum atomic E-state index is 13.5. The number of halogens is 2. The van der Waals surface area contributed by atoms with Crippen LogP contribution >= 0.6 is 0 Å². The summed E-state index contributed by atoms with van der Waals surface area (Å²) in [7, 11) is 0. The number of benzene rings is 2. The number of fused-ring (bicyclic) bond motifs is 1. The second kappa shape index (κ2) is 6.48. The van der Waals surface area contributed by atoms with E-state index in [2.05, 4.69) is 9.98 Å². The highest BCUT2D eigenvalue weighted by atomic mass is 19.2. The van der Waals surface area contributed by atoms with Gasteiger partial charge in [-0.05, 0) is 30.3 Å². The van der Waals surface area contributed by atoms with Gasteiger partial charge in [0, 0.05) is 18.3 Å². The summed E-state index contributed by atoms with van der Waals surface area (Å²) in [6.45, 7) is 0.319. The van der Waals surface area contributed by atoms with Crippen LogP contribution in [0.15, 0.2) is 66.9 Å². The van der Waals surface area contributed by atoms with Gasteiger partial charge in [-0.1, -0.05) is 18.2 Å². The van der Waals surface area contributed by atoms with Gasteiger partial charge in [0.25, 0.3) is 5.71 Å². The van der Waals surface area contributed by atoms with E-state index in [4.69, 9.17) is 0 Å². The topological polar surface area (TPSA) is 47.2 Å². The van der Waals surface area contributed by atoms with E-state index in [1.54, 1.807) is 11.1 Å². The van der Waals surface area contributed by atoms with Crippen molar-refractivity contribution in [1.29, 1.82) is 0 Å². The lowest BCUT2D eigenvalue weighted by Crippen LogP contribution is -2.69. The van der Waals surface area contributed by atoms with Crippen LogP contribution in [0.1, 0.15) is 11.3 Å². The molecule has 0 aliphatic carbocycles. The van der Waals surface area contributed by atoms with Gasteiger partial charge >= 0.3 is 5.91 Å². The SMILES string of the molecule is O=C1C(=[NH+]c2ccc(F)c(F)c2)c2ccccc2N1Cc1ccccn1. The van der Waals surface area contributed by atoms with E-state index >= 15 is 0 Å². The average Bonchev–Trinajstić information content (AvgIpc) is 2.92. The largest absolute Gasteiger partial charge is 0.324 e. The summed E-state index contributed by atoms with van der Waals surface area (Å²) in [5, 5.41) is 0. The van der Waals surface area contributed by atoms with Crippen molar-refractivity contribution in [3.8, 4) is 0 Å². The number of amides is 1.